The summed E-state index contributed by atoms with van der Waals surface area (Å²) in [7, 11) is 0. The number of aliphatic carboxylic acids is 1. The molecule has 1 atom stereocenters. The van der Waals surface area contributed by atoms with Crippen molar-refractivity contribution < 1.29 is 14.6 Å². The van der Waals surface area contributed by atoms with Gasteiger partial charge in [0.1, 0.15) is 5.75 Å². The highest BCUT2D eigenvalue weighted by atomic mass is 16.5. The van der Waals surface area contributed by atoms with Crippen LogP contribution in [0.5, 0.6) is 5.75 Å². The van der Waals surface area contributed by atoms with Gasteiger partial charge in [-0.2, -0.15) is 0 Å². The largest absolute Gasteiger partial charge is 0.479 e. The molecule has 1 aliphatic rings. The van der Waals surface area contributed by atoms with Crippen molar-refractivity contribution in [2.75, 3.05) is 13.1 Å². The first kappa shape index (κ1) is 13.9. The molecule has 0 radical (unpaired) electrons. The van der Waals surface area contributed by atoms with E-state index in [1.165, 1.54) is 5.56 Å². The van der Waals surface area contributed by atoms with E-state index in [1.54, 1.807) is 0 Å². The molecule has 1 aliphatic heterocycles. The first-order chi connectivity index (χ1) is 9.20. The summed E-state index contributed by atoms with van der Waals surface area (Å²) >= 11 is 0. The number of hydrogen-bond acceptors (Lipinski definition) is 3. The van der Waals surface area contributed by atoms with E-state index in [9.17, 15) is 4.79 Å². The molecule has 1 heterocycles. The van der Waals surface area contributed by atoms with Gasteiger partial charge in [-0.05, 0) is 56.0 Å². The Bertz CT molecular complexity index is 410. The lowest BCUT2D eigenvalue weighted by Gasteiger charge is -2.23. The Kier molecular flexibility index (Phi) is 4.80. The monoisotopic (exact) mass is 263 g/mol. The average Bonchev–Trinajstić information content (AvgIpc) is 2.46. The Morgan fingerprint density at radius 1 is 1.37 bits per heavy atom. The molecule has 2 N–H and O–H groups in total. The van der Waals surface area contributed by atoms with Crippen LogP contribution in [0, 0.1) is 0 Å². The Balaban J connectivity index is 1.99. The van der Waals surface area contributed by atoms with Crippen LogP contribution in [0.3, 0.4) is 0 Å². The Morgan fingerprint density at radius 3 is 2.53 bits per heavy atom. The van der Waals surface area contributed by atoms with E-state index < -0.39 is 12.1 Å². The lowest BCUT2D eigenvalue weighted by Crippen LogP contribution is -2.27. The third kappa shape index (κ3) is 3.70. The van der Waals surface area contributed by atoms with Crippen LogP contribution < -0.4 is 10.1 Å². The summed E-state index contributed by atoms with van der Waals surface area (Å²) in [5.41, 5.74) is 1.32. The van der Waals surface area contributed by atoms with Crippen LogP contribution in [0.1, 0.15) is 37.7 Å². The van der Waals surface area contributed by atoms with Crippen LogP contribution in [0.25, 0.3) is 0 Å². The SMILES string of the molecule is CCC(Oc1ccc(C2CCNCC2)cc1)C(=O)O. The van der Waals surface area contributed by atoms with Crippen LogP contribution in [0.2, 0.25) is 0 Å². The maximum Gasteiger partial charge on any atom is 0.344 e. The minimum atomic E-state index is -0.912. The molecular formula is C15H21NO3. The molecule has 0 spiro atoms. The van der Waals surface area contributed by atoms with Crippen molar-refractivity contribution in [2.24, 2.45) is 0 Å². The van der Waals surface area contributed by atoms with Crippen molar-refractivity contribution >= 4 is 5.97 Å². The minimum Gasteiger partial charge on any atom is -0.479 e. The zero-order chi connectivity index (χ0) is 13.7. The summed E-state index contributed by atoms with van der Waals surface area (Å²) in [6, 6.07) is 7.87. The van der Waals surface area contributed by atoms with Gasteiger partial charge in [-0.1, -0.05) is 19.1 Å². The maximum atomic E-state index is 10.9. The molecule has 1 unspecified atom stereocenters. The molecule has 104 valence electrons. The van der Waals surface area contributed by atoms with Crippen molar-refractivity contribution in [3.63, 3.8) is 0 Å². The molecule has 19 heavy (non-hydrogen) atoms. The maximum absolute atomic E-state index is 10.9. The van der Waals surface area contributed by atoms with Crippen molar-refractivity contribution in [1.82, 2.24) is 5.32 Å². The fourth-order valence-corrected chi connectivity index (χ4v) is 2.45. The zero-order valence-electron chi connectivity index (χ0n) is 11.3. The number of piperidine rings is 1. The fourth-order valence-electron chi connectivity index (χ4n) is 2.45. The van der Waals surface area contributed by atoms with E-state index in [4.69, 9.17) is 9.84 Å². The summed E-state index contributed by atoms with van der Waals surface area (Å²) in [5, 5.41) is 12.3. The third-order valence-electron chi connectivity index (χ3n) is 3.62. The molecule has 2 rings (SSSR count). The van der Waals surface area contributed by atoms with Crippen molar-refractivity contribution in [3.8, 4) is 5.75 Å². The van der Waals surface area contributed by atoms with Crippen LogP contribution >= 0.6 is 0 Å². The van der Waals surface area contributed by atoms with Crippen molar-refractivity contribution in [2.45, 2.75) is 38.2 Å². The minimum absolute atomic E-state index is 0.464. The lowest BCUT2D eigenvalue weighted by molar-refractivity contribution is -0.145. The number of rotatable bonds is 5. The van der Waals surface area contributed by atoms with Gasteiger partial charge < -0.3 is 15.2 Å². The molecule has 0 aromatic heterocycles. The van der Waals surface area contributed by atoms with Gasteiger partial charge in [0.25, 0.3) is 0 Å². The van der Waals surface area contributed by atoms with Gasteiger partial charge >= 0.3 is 5.97 Å². The number of benzene rings is 1. The molecule has 4 heteroatoms. The number of ether oxygens (including phenoxy) is 1. The predicted octanol–water partition coefficient (Wildman–Crippen LogP) is 2.40. The van der Waals surface area contributed by atoms with Gasteiger partial charge in [0.05, 0.1) is 0 Å². The van der Waals surface area contributed by atoms with Gasteiger partial charge in [0, 0.05) is 0 Å². The normalized spacial score (nSPS) is 17.9. The molecule has 0 saturated carbocycles. The van der Waals surface area contributed by atoms with Gasteiger partial charge in [0.15, 0.2) is 6.10 Å². The smallest absolute Gasteiger partial charge is 0.344 e. The van der Waals surface area contributed by atoms with Gasteiger partial charge in [-0.25, -0.2) is 4.79 Å². The molecular weight excluding hydrogens is 242 g/mol. The van der Waals surface area contributed by atoms with Gasteiger partial charge in [-0.3, -0.25) is 0 Å². The number of carboxylic acid groups (broad SMARTS) is 1. The Morgan fingerprint density at radius 2 is 2.00 bits per heavy atom. The van der Waals surface area contributed by atoms with E-state index in [0.29, 0.717) is 18.1 Å². The van der Waals surface area contributed by atoms with Gasteiger partial charge in [-0.15, -0.1) is 0 Å². The molecule has 0 aliphatic carbocycles. The van der Waals surface area contributed by atoms with Crippen molar-refractivity contribution in [3.05, 3.63) is 29.8 Å². The van der Waals surface area contributed by atoms with E-state index in [-0.39, 0.29) is 0 Å². The van der Waals surface area contributed by atoms with Crippen LogP contribution in [-0.4, -0.2) is 30.3 Å². The number of carboxylic acids is 1. The molecule has 1 saturated heterocycles. The first-order valence-corrected chi connectivity index (χ1v) is 6.91. The van der Waals surface area contributed by atoms with Crippen LogP contribution in [-0.2, 0) is 4.79 Å². The summed E-state index contributed by atoms with van der Waals surface area (Å²) in [6.45, 7) is 3.95. The van der Waals surface area contributed by atoms with Crippen LogP contribution in [0.4, 0.5) is 0 Å². The van der Waals surface area contributed by atoms with E-state index in [2.05, 4.69) is 17.4 Å². The fraction of sp³-hybridized carbons (Fsp3) is 0.533. The number of nitrogens with one attached hydrogen (secondary N) is 1. The molecule has 0 amide bonds. The van der Waals surface area contributed by atoms with E-state index >= 15 is 0 Å². The second-order valence-corrected chi connectivity index (χ2v) is 4.95. The summed E-state index contributed by atoms with van der Waals surface area (Å²) in [6.07, 6.45) is 2.02. The molecule has 4 nitrogen and oxygen atoms in total. The highest BCUT2D eigenvalue weighted by Crippen LogP contribution is 2.27. The number of hydrogen-bond donors (Lipinski definition) is 2. The summed E-state index contributed by atoms with van der Waals surface area (Å²) < 4.78 is 5.46. The van der Waals surface area contributed by atoms with Crippen LogP contribution in [0.15, 0.2) is 24.3 Å². The predicted molar refractivity (Wildman–Crippen MR) is 73.6 cm³/mol. The third-order valence-corrected chi connectivity index (χ3v) is 3.62. The molecule has 1 fully saturated rings. The molecule has 1 aromatic carbocycles. The highest BCUT2D eigenvalue weighted by Gasteiger charge is 2.18. The topological polar surface area (TPSA) is 58.6 Å². The molecule has 0 bridgehead atoms. The van der Waals surface area contributed by atoms with E-state index in [1.807, 2.05) is 19.1 Å². The summed E-state index contributed by atoms with van der Waals surface area (Å²) in [4.78, 5) is 10.9. The highest BCUT2D eigenvalue weighted by molar-refractivity contribution is 5.72. The van der Waals surface area contributed by atoms with E-state index in [0.717, 1.165) is 25.9 Å². The zero-order valence-corrected chi connectivity index (χ0v) is 11.3. The Hall–Kier alpha value is -1.55. The van der Waals surface area contributed by atoms with Gasteiger partial charge in [0.2, 0.25) is 0 Å². The van der Waals surface area contributed by atoms with Crippen molar-refractivity contribution in [1.29, 1.82) is 0 Å². The summed E-state index contributed by atoms with van der Waals surface area (Å²) in [5.74, 6) is 0.327. The second-order valence-electron chi connectivity index (χ2n) is 4.95. The average molecular weight is 263 g/mol. The molecule has 1 aromatic rings. The number of carbonyl (C=O) groups is 1. The first-order valence-electron chi connectivity index (χ1n) is 6.91. The quantitative estimate of drug-likeness (QED) is 0.856. The Labute approximate surface area is 113 Å². The second kappa shape index (κ2) is 6.57. The standard InChI is InChI=1S/C15H21NO3/c1-2-14(15(17)18)19-13-5-3-11(4-6-13)12-7-9-16-10-8-12/h3-6,12,14,16H,2,7-10H2,1H3,(H,17,18). The lowest BCUT2D eigenvalue weighted by atomic mass is 9.90.